The fraction of sp³-hybridized carbons (Fsp3) is 0.815. The van der Waals surface area contributed by atoms with E-state index in [0.29, 0.717) is 6.42 Å². The van der Waals surface area contributed by atoms with Crippen LogP contribution < -0.4 is 0 Å². The lowest BCUT2D eigenvalue weighted by atomic mass is 10.00. The highest BCUT2D eigenvalue weighted by molar-refractivity contribution is 7.85. The molecular weight excluding hydrogens is 532 g/mol. The summed E-state index contributed by atoms with van der Waals surface area (Å²) in [5.74, 6) is -1.48. The summed E-state index contributed by atoms with van der Waals surface area (Å²) >= 11 is 0. The summed E-state index contributed by atoms with van der Waals surface area (Å²) in [6.07, 6.45) is 11.2. The van der Waals surface area contributed by atoms with E-state index in [1.807, 2.05) is 0 Å². The van der Waals surface area contributed by atoms with Gasteiger partial charge in [-0.3, -0.25) is 9.35 Å². The maximum atomic E-state index is 11.9. The Bertz CT molecular complexity index is 815. The van der Waals surface area contributed by atoms with Crippen molar-refractivity contribution in [2.24, 2.45) is 0 Å². The molecule has 0 aromatic heterocycles. The van der Waals surface area contributed by atoms with Crippen LogP contribution in [0, 0.1) is 0 Å². The average Bonchev–Trinajstić information content (AvgIpc) is 2.88. The second-order valence-electron chi connectivity index (χ2n) is 9.91. The van der Waals surface area contributed by atoms with E-state index in [1.165, 1.54) is 19.3 Å². The molecule has 0 bridgehead atoms. The quantitative estimate of drug-likeness (QED) is 0.0582. The molecule has 1 fully saturated rings. The second kappa shape index (κ2) is 20.5. The van der Waals surface area contributed by atoms with Gasteiger partial charge in [0.2, 0.25) is 0 Å². The predicted octanol–water partition coefficient (Wildman–Crippen LogP) is 2.42. The standard InChI is InChI=1S/C27H48O11S/c1-2-3-4-5-6-7-8-9-10-11-12-13-14-15-16-17-23(29)36-18-21(28)19-37-27-26(32)25(31)24(30)22(38-27)20-39(33,34)35/h6-7,9-10,21-22,24-28,30-32H,2-5,8,11-20H2,1H3,(H,33,34,35). The van der Waals surface area contributed by atoms with Crippen molar-refractivity contribution in [2.45, 2.75) is 121 Å². The van der Waals surface area contributed by atoms with Crippen LogP contribution >= 0.6 is 0 Å². The molecule has 6 atom stereocenters. The van der Waals surface area contributed by atoms with Crippen molar-refractivity contribution in [1.29, 1.82) is 0 Å². The van der Waals surface area contributed by atoms with Crippen LogP contribution in [-0.4, -0.2) is 95.1 Å². The van der Waals surface area contributed by atoms with Crippen LogP contribution in [0.25, 0.3) is 0 Å². The molecule has 228 valence electrons. The number of unbranched alkanes of at least 4 members (excludes halogenated alkanes) is 8. The smallest absolute Gasteiger partial charge is 0.305 e. The fourth-order valence-corrected chi connectivity index (χ4v) is 4.69. The lowest BCUT2D eigenvalue weighted by Crippen LogP contribution is -2.60. The van der Waals surface area contributed by atoms with Gasteiger partial charge in [0.05, 0.1) is 6.61 Å². The molecule has 5 N–H and O–H groups in total. The minimum atomic E-state index is -4.54. The van der Waals surface area contributed by atoms with Crippen molar-refractivity contribution in [3.8, 4) is 0 Å². The third-order valence-electron chi connectivity index (χ3n) is 6.26. The van der Waals surface area contributed by atoms with Gasteiger partial charge < -0.3 is 34.6 Å². The lowest BCUT2D eigenvalue weighted by Gasteiger charge is -2.40. The summed E-state index contributed by atoms with van der Waals surface area (Å²) in [7, 11) is -4.54. The maximum absolute atomic E-state index is 11.9. The van der Waals surface area contributed by atoms with Gasteiger partial charge in [0, 0.05) is 6.42 Å². The van der Waals surface area contributed by atoms with Gasteiger partial charge in [-0.1, -0.05) is 63.3 Å². The number of hydrogen-bond donors (Lipinski definition) is 5. The lowest BCUT2D eigenvalue weighted by molar-refractivity contribution is -0.296. The number of allylic oxidation sites excluding steroid dienone is 4. The van der Waals surface area contributed by atoms with Gasteiger partial charge in [0.25, 0.3) is 10.1 Å². The van der Waals surface area contributed by atoms with Crippen molar-refractivity contribution in [3.05, 3.63) is 24.3 Å². The zero-order valence-electron chi connectivity index (χ0n) is 23.0. The number of rotatable bonds is 21. The summed E-state index contributed by atoms with van der Waals surface area (Å²) in [5, 5.41) is 39.7. The molecule has 0 radical (unpaired) electrons. The zero-order chi connectivity index (χ0) is 29.1. The molecule has 1 aliphatic rings. The molecule has 0 aliphatic carbocycles. The van der Waals surface area contributed by atoms with Crippen LogP contribution in [0.5, 0.6) is 0 Å². The van der Waals surface area contributed by atoms with Crippen molar-refractivity contribution in [1.82, 2.24) is 0 Å². The van der Waals surface area contributed by atoms with Gasteiger partial charge in [-0.05, 0) is 38.5 Å². The molecular formula is C27H48O11S. The predicted molar refractivity (Wildman–Crippen MR) is 145 cm³/mol. The topological polar surface area (TPSA) is 180 Å². The SMILES string of the molecule is CCCCCC=CCC=CCCCCCCCC(=O)OCC(O)COC1OC(CS(=O)(=O)O)C(O)C(O)C1O. The summed E-state index contributed by atoms with van der Waals surface area (Å²) in [6, 6.07) is 0. The Morgan fingerprint density at radius 1 is 0.872 bits per heavy atom. The van der Waals surface area contributed by atoms with Crippen LogP contribution in [0.2, 0.25) is 0 Å². The highest BCUT2D eigenvalue weighted by Gasteiger charge is 2.45. The Balaban J connectivity index is 2.10. The van der Waals surface area contributed by atoms with E-state index in [9.17, 15) is 33.6 Å². The second-order valence-corrected chi connectivity index (χ2v) is 11.4. The van der Waals surface area contributed by atoms with E-state index >= 15 is 0 Å². The number of ether oxygens (including phenoxy) is 3. The van der Waals surface area contributed by atoms with Crippen LogP contribution in [0.4, 0.5) is 0 Å². The molecule has 0 saturated carbocycles. The molecule has 0 amide bonds. The fourth-order valence-electron chi connectivity index (χ4n) is 4.00. The van der Waals surface area contributed by atoms with Gasteiger partial charge in [-0.2, -0.15) is 8.42 Å². The molecule has 0 aromatic carbocycles. The summed E-state index contributed by atoms with van der Waals surface area (Å²) in [5.41, 5.74) is 0. The number of aliphatic hydroxyl groups is 4. The Morgan fingerprint density at radius 2 is 1.49 bits per heavy atom. The number of hydrogen-bond acceptors (Lipinski definition) is 10. The number of carbonyl (C=O) groups is 1. The van der Waals surface area contributed by atoms with E-state index in [-0.39, 0.29) is 13.0 Å². The molecule has 1 rings (SSSR count). The summed E-state index contributed by atoms with van der Waals surface area (Å²) < 4.78 is 46.4. The van der Waals surface area contributed by atoms with Gasteiger partial charge in [0.15, 0.2) is 6.29 Å². The molecule has 11 nitrogen and oxygen atoms in total. The van der Waals surface area contributed by atoms with Crippen LogP contribution in [0.1, 0.15) is 84.0 Å². The zero-order valence-corrected chi connectivity index (χ0v) is 23.8. The van der Waals surface area contributed by atoms with E-state index < -0.39 is 65.3 Å². The van der Waals surface area contributed by atoms with Gasteiger partial charge >= 0.3 is 5.97 Å². The molecule has 1 heterocycles. The Hall–Kier alpha value is -1.38. The largest absolute Gasteiger partial charge is 0.463 e. The van der Waals surface area contributed by atoms with Crippen LogP contribution in [0.3, 0.4) is 0 Å². The normalized spacial score (nSPS) is 24.9. The Labute approximate surface area is 232 Å². The molecule has 1 aliphatic heterocycles. The number of esters is 1. The van der Waals surface area contributed by atoms with Gasteiger partial charge in [-0.15, -0.1) is 0 Å². The van der Waals surface area contributed by atoms with Gasteiger partial charge in [0.1, 0.15) is 42.9 Å². The van der Waals surface area contributed by atoms with Crippen molar-refractivity contribution in [2.75, 3.05) is 19.0 Å². The van der Waals surface area contributed by atoms with Gasteiger partial charge in [-0.25, -0.2) is 0 Å². The molecule has 6 unspecified atom stereocenters. The number of aliphatic hydroxyl groups excluding tert-OH is 4. The van der Waals surface area contributed by atoms with E-state index in [4.69, 9.17) is 18.8 Å². The summed E-state index contributed by atoms with van der Waals surface area (Å²) in [6.45, 7) is 1.39. The first-order valence-electron chi connectivity index (χ1n) is 13.9. The van der Waals surface area contributed by atoms with Crippen molar-refractivity contribution >= 4 is 16.1 Å². The monoisotopic (exact) mass is 580 g/mol. The highest BCUT2D eigenvalue weighted by Crippen LogP contribution is 2.23. The number of carbonyl (C=O) groups excluding carboxylic acids is 1. The minimum absolute atomic E-state index is 0.226. The first-order valence-corrected chi connectivity index (χ1v) is 15.6. The maximum Gasteiger partial charge on any atom is 0.305 e. The third kappa shape index (κ3) is 17.1. The van der Waals surface area contributed by atoms with E-state index in [1.54, 1.807) is 0 Å². The highest BCUT2D eigenvalue weighted by atomic mass is 32.2. The first kappa shape index (κ1) is 35.6. The molecule has 39 heavy (non-hydrogen) atoms. The van der Waals surface area contributed by atoms with E-state index in [0.717, 1.165) is 44.9 Å². The Morgan fingerprint density at radius 3 is 2.13 bits per heavy atom. The average molecular weight is 581 g/mol. The summed E-state index contributed by atoms with van der Waals surface area (Å²) in [4.78, 5) is 11.9. The van der Waals surface area contributed by atoms with Crippen LogP contribution in [0.15, 0.2) is 24.3 Å². The molecule has 0 spiro atoms. The minimum Gasteiger partial charge on any atom is -0.463 e. The first-order chi connectivity index (χ1) is 18.5. The van der Waals surface area contributed by atoms with E-state index in [2.05, 4.69) is 31.2 Å². The van der Waals surface area contributed by atoms with Crippen molar-refractivity contribution in [3.63, 3.8) is 0 Å². The third-order valence-corrected chi connectivity index (χ3v) is 7.01. The molecule has 0 aromatic rings. The molecule has 1 saturated heterocycles. The Kier molecular flexibility index (Phi) is 18.7. The van der Waals surface area contributed by atoms with Crippen molar-refractivity contribution < 1.29 is 52.4 Å². The molecule has 12 heteroatoms. The van der Waals surface area contributed by atoms with Crippen LogP contribution in [-0.2, 0) is 29.1 Å².